The zero-order valence-electron chi connectivity index (χ0n) is 9.72. The van der Waals surface area contributed by atoms with Crippen LogP contribution in [-0.4, -0.2) is 15.0 Å². The smallest absolute Gasteiger partial charge is 0.174 e. The molecule has 4 aromatic rings. The van der Waals surface area contributed by atoms with Gasteiger partial charge >= 0.3 is 0 Å². The summed E-state index contributed by atoms with van der Waals surface area (Å²) in [5.41, 5.74) is 2.37. The highest BCUT2D eigenvalue weighted by atomic mass is 35.5. The number of para-hydroxylation sites is 1. The molecule has 0 amide bonds. The van der Waals surface area contributed by atoms with Crippen LogP contribution in [0.5, 0.6) is 0 Å². The number of hydrogen-bond donors (Lipinski definition) is 1. The van der Waals surface area contributed by atoms with Crippen molar-refractivity contribution in [2.24, 2.45) is 0 Å². The highest BCUT2D eigenvalue weighted by Gasteiger charge is 2.13. The van der Waals surface area contributed by atoms with E-state index in [1.165, 1.54) is 0 Å². The minimum absolute atomic E-state index is 0.416. The number of aromatic nitrogens is 3. The summed E-state index contributed by atoms with van der Waals surface area (Å²) in [5.74, 6) is 1.33. The van der Waals surface area contributed by atoms with E-state index in [-0.39, 0.29) is 0 Å². The number of nitrogens with zero attached hydrogens (tertiary/aromatic N) is 2. The van der Waals surface area contributed by atoms with Crippen molar-refractivity contribution in [3.63, 3.8) is 0 Å². The lowest BCUT2D eigenvalue weighted by molar-refractivity contribution is 0.578. The fraction of sp³-hybridized carbons (Fsp3) is 0. The van der Waals surface area contributed by atoms with Gasteiger partial charge in [-0.3, -0.25) is 0 Å². The number of fused-ring (bicyclic) bond motifs is 3. The minimum Gasteiger partial charge on any atom is -0.461 e. The Hall–Kier alpha value is -2.33. The number of halogens is 1. The SMILES string of the molecule is Clc1nc2ccccc2c2nc(-c3ccco3)[nH]c12. The summed E-state index contributed by atoms with van der Waals surface area (Å²) < 4.78 is 5.34. The fourth-order valence-electron chi connectivity index (χ4n) is 2.18. The van der Waals surface area contributed by atoms with Gasteiger partial charge in [-0.05, 0) is 18.2 Å². The van der Waals surface area contributed by atoms with Crippen LogP contribution in [0.3, 0.4) is 0 Å². The molecule has 0 bridgehead atoms. The second kappa shape index (κ2) is 3.83. The van der Waals surface area contributed by atoms with Crippen LogP contribution in [0.1, 0.15) is 0 Å². The molecular weight excluding hydrogens is 262 g/mol. The Kier molecular flexibility index (Phi) is 2.13. The van der Waals surface area contributed by atoms with Crippen molar-refractivity contribution < 1.29 is 4.42 Å². The lowest BCUT2D eigenvalue weighted by Crippen LogP contribution is -1.82. The predicted molar refractivity (Wildman–Crippen MR) is 74.1 cm³/mol. The molecule has 3 aromatic heterocycles. The lowest BCUT2D eigenvalue weighted by atomic mass is 10.2. The number of benzene rings is 1. The molecule has 19 heavy (non-hydrogen) atoms. The Balaban J connectivity index is 2.12. The van der Waals surface area contributed by atoms with Crippen LogP contribution in [0.2, 0.25) is 5.15 Å². The van der Waals surface area contributed by atoms with Crippen LogP contribution in [0.25, 0.3) is 33.5 Å². The maximum Gasteiger partial charge on any atom is 0.174 e. The second-order valence-electron chi connectivity index (χ2n) is 4.21. The topological polar surface area (TPSA) is 54.7 Å². The molecule has 0 saturated carbocycles. The zero-order valence-corrected chi connectivity index (χ0v) is 10.5. The van der Waals surface area contributed by atoms with E-state index in [9.17, 15) is 0 Å². The number of H-pyrrole nitrogens is 1. The van der Waals surface area contributed by atoms with Crippen LogP contribution in [0.4, 0.5) is 0 Å². The molecule has 4 nitrogen and oxygen atoms in total. The Morgan fingerprint density at radius 3 is 2.79 bits per heavy atom. The molecule has 0 radical (unpaired) electrons. The Bertz CT molecular complexity index is 880. The minimum atomic E-state index is 0.416. The molecular formula is C14H8ClN3O. The standard InChI is InChI=1S/C14H8ClN3O/c15-13-12-11(8-4-1-2-5-9(8)16-13)17-14(18-12)10-6-3-7-19-10/h1-7H,(H,17,18). The number of furan rings is 1. The van der Waals surface area contributed by atoms with Gasteiger partial charge in [-0.15, -0.1) is 0 Å². The summed E-state index contributed by atoms with van der Waals surface area (Å²) in [6.45, 7) is 0. The molecule has 0 unspecified atom stereocenters. The van der Waals surface area contributed by atoms with Gasteiger partial charge in [0.05, 0.1) is 11.8 Å². The maximum atomic E-state index is 6.20. The molecule has 1 N–H and O–H groups in total. The van der Waals surface area contributed by atoms with Gasteiger partial charge in [0, 0.05) is 5.39 Å². The molecule has 5 heteroatoms. The zero-order chi connectivity index (χ0) is 12.8. The molecule has 92 valence electrons. The second-order valence-corrected chi connectivity index (χ2v) is 4.56. The summed E-state index contributed by atoms with van der Waals surface area (Å²) in [6.07, 6.45) is 1.61. The number of nitrogens with one attached hydrogen (secondary N) is 1. The first kappa shape index (κ1) is 10.6. The van der Waals surface area contributed by atoms with Crippen molar-refractivity contribution in [1.82, 2.24) is 15.0 Å². The van der Waals surface area contributed by atoms with Gasteiger partial charge in [-0.1, -0.05) is 29.8 Å². The molecule has 0 aliphatic rings. The Labute approximate surface area is 113 Å². The normalized spacial score (nSPS) is 11.4. The molecule has 0 saturated heterocycles. The summed E-state index contributed by atoms with van der Waals surface area (Å²) in [5, 5.41) is 1.38. The van der Waals surface area contributed by atoms with Crippen LogP contribution >= 0.6 is 11.6 Å². The third kappa shape index (κ3) is 1.54. The summed E-state index contributed by atoms with van der Waals surface area (Å²) in [7, 11) is 0. The third-order valence-electron chi connectivity index (χ3n) is 3.04. The summed E-state index contributed by atoms with van der Waals surface area (Å²) in [4.78, 5) is 12.1. The largest absolute Gasteiger partial charge is 0.461 e. The number of hydrogen-bond acceptors (Lipinski definition) is 3. The number of aromatic amines is 1. The number of imidazole rings is 1. The third-order valence-corrected chi connectivity index (χ3v) is 3.32. The first-order chi connectivity index (χ1) is 9.33. The van der Waals surface area contributed by atoms with Gasteiger partial charge in [-0.25, -0.2) is 9.97 Å². The van der Waals surface area contributed by atoms with Crippen LogP contribution in [0, 0.1) is 0 Å². The lowest BCUT2D eigenvalue weighted by Gasteiger charge is -1.98. The van der Waals surface area contributed by atoms with E-state index in [1.807, 2.05) is 36.4 Å². The summed E-state index contributed by atoms with van der Waals surface area (Å²) >= 11 is 6.20. The summed E-state index contributed by atoms with van der Waals surface area (Å²) in [6, 6.07) is 11.5. The van der Waals surface area contributed by atoms with E-state index in [0.717, 1.165) is 21.9 Å². The van der Waals surface area contributed by atoms with E-state index in [0.29, 0.717) is 16.7 Å². The van der Waals surface area contributed by atoms with Crippen molar-refractivity contribution in [2.45, 2.75) is 0 Å². The average molecular weight is 270 g/mol. The highest BCUT2D eigenvalue weighted by Crippen LogP contribution is 2.30. The van der Waals surface area contributed by atoms with Crippen LogP contribution in [-0.2, 0) is 0 Å². The number of pyridine rings is 1. The first-order valence-corrected chi connectivity index (χ1v) is 6.18. The first-order valence-electron chi connectivity index (χ1n) is 5.81. The Morgan fingerprint density at radius 1 is 1.05 bits per heavy atom. The van der Waals surface area contributed by atoms with Gasteiger partial charge < -0.3 is 9.40 Å². The van der Waals surface area contributed by atoms with Gasteiger partial charge in [0.15, 0.2) is 16.7 Å². The molecule has 0 aliphatic carbocycles. The van der Waals surface area contributed by atoms with Crippen molar-refractivity contribution in [3.8, 4) is 11.6 Å². The van der Waals surface area contributed by atoms with Crippen molar-refractivity contribution >= 4 is 33.5 Å². The monoisotopic (exact) mass is 269 g/mol. The van der Waals surface area contributed by atoms with Gasteiger partial charge in [0.1, 0.15) is 11.0 Å². The van der Waals surface area contributed by atoms with Gasteiger partial charge in [0.2, 0.25) is 0 Å². The van der Waals surface area contributed by atoms with Crippen molar-refractivity contribution in [3.05, 3.63) is 47.8 Å². The van der Waals surface area contributed by atoms with Gasteiger partial charge in [0.25, 0.3) is 0 Å². The van der Waals surface area contributed by atoms with Crippen LogP contribution in [0.15, 0.2) is 47.1 Å². The maximum absolute atomic E-state index is 6.20. The average Bonchev–Trinajstić information content (AvgIpc) is 3.08. The van der Waals surface area contributed by atoms with Gasteiger partial charge in [-0.2, -0.15) is 0 Å². The Morgan fingerprint density at radius 2 is 1.95 bits per heavy atom. The molecule has 0 atom stereocenters. The van der Waals surface area contributed by atoms with E-state index in [4.69, 9.17) is 16.0 Å². The van der Waals surface area contributed by atoms with E-state index in [1.54, 1.807) is 6.26 Å². The van der Waals surface area contributed by atoms with Crippen LogP contribution < -0.4 is 0 Å². The van der Waals surface area contributed by atoms with E-state index >= 15 is 0 Å². The molecule has 0 fully saturated rings. The van der Waals surface area contributed by atoms with E-state index < -0.39 is 0 Å². The molecule has 3 heterocycles. The van der Waals surface area contributed by atoms with Crippen molar-refractivity contribution in [1.29, 1.82) is 0 Å². The molecule has 0 aliphatic heterocycles. The molecule has 0 spiro atoms. The quantitative estimate of drug-likeness (QED) is 0.531. The fourth-order valence-corrected chi connectivity index (χ4v) is 2.41. The molecule has 4 rings (SSSR count). The molecule has 1 aromatic carbocycles. The highest BCUT2D eigenvalue weighted by molar-refractivity contribution is 6.35. The number of rotatable bonds is 1. The predicted octanol–water partition coefficient (Wildman–Crippen LogP) is 4.02. The van der Waals surface area contributed by atoms with E-state index in [2.05, 4.69) is 15.0 Å². The van der Waals surface area contributed by atoms with Crippen molar-refractivity contribution in [2.75, 3.05) is 0 Å².